The zero-order chi connectivity index (χ0) is 13.2. The van der Waals surface area contributed by atoms with E-state index >= 15 is 0 Å². The van der Waals surface area contributed by atoms with Crippen LogP contribution >= 0.6 is 11.3 Å². The topological polar surface area (TPSA) is 29.1 Å². The molecule has 1 aromatic heterocycles. The van der Waals surface area contributed by atoms with Crippen molar-refractivity contribution in [2.45, 2.75) is 50.8 Å². The van der Waals surface area contributed by atoms with Crippen LogP contribution in [0.15, 0.2) is 11.4 Å². The van der Waals surface area contributed by atoms with Crippen LogP contribution in [0.1, 0.15) is 50.1 Å². The normalized spacial score (nSPS) is 21.6. The Bertz CT molecular complexity index is 420. The van der Waals surface area contributed by atoms with E-state index in [4.69, 9.17) is 0 Å². The van der Waals surface area contributed by atoms with Crippen molar-refractivity contribution in [1.82, 2.24) is 5.32 Å². The maximum atomic E-state index is 12.0. The molecule has 1 heterocycles. The van der Waals surface area contributed by atoms with E-state index in [2.05, 4.69) is 16.8 Å². The summed E-state index contributed by atoms with van der Waals surface area (Å²) < 4.78 is 11.9. The molecule has 1 aliphatic carbocycles. The molecule has 0 saturated heterocycles. The molecule has 0 unspecified atom stereocenters. The number of aryl methyl sites for hydroxylation is 1. The van der Waals surface area contributed by atoms with Crippen molar-refractivity contribution in [2.75, 3.05) is 12.3 Å². The number of nitrogens with one attached hydrogen (secondary N) is 1. The van der Waals surface area contributed by atoms with Crippen molar-refractivity contribution in [2.24, 2.45) is 0 Å². The van der Waals surface area contributed by atoms with Gasteiger partial charge in [-0.15, -0.1) is 11.3 Å². The molecular formula is C14H23NOS2. The van der Waals surface area contributed by atoms with E-state index in [1.54, 1.807) is 0 Å². The summed E-state index contributed by atoms with van der Waals surface area (Å²) in [5.41, 5.74) is 1.48. The van der Waals surface area contributed by atoms with E-state index in [9.17, 15) is 4.21 Å². The van der Waals surface area contributed by atoms with Crippen LogP contribution in [0.4, 0.5) is 0 Å². The minimum absolute atomic E-state index is 0.0955. The third-order valence-corrected chi connectivity index (χ3v) is 6.35. The highest BCUT2D eigenvalue weighted by molar-refractivity contribution is 7.86. The average Bonchev–Trinajstić information content (AvgIpc) is 2.76. The number of thiophene rings is 1. The maximum absolute atomic E-state index is 12.0. The van der Waals surface area contributed by atoms with Gasteiger partial charge in [0.1, 0.15) is 0 Å². The fourth-order valence-corrected chi connectivity index (χ4v) is 4.23. The molecule has 0 fully saturated rings. The summed E-state index contributed by atoms with van der Waals surface area (Å²) in [7, 11) is -0.750. The first-order valence-electron chi connectivity index (χ1n) is 6.66. The molecule has 1 N–H and O–H groups in total. The molecule has 0 bridgehead atoms. The van der Waals surface area contributed by atoms with Gasteiger partial charge in [0.05, 0.1) is 0 Å². The van der Waals surface area contributed by atoms with E-state index in [-0.39, 0.29) is 4.75 Å². The second-order valence-electron chi connectivity index (χ2n) is 5.86. The van der Waals surface area contributed by atoms with Gasteiger partial charge in [0.25, 0.3) is 0 Å². The largest absolute Gasteiger partial charge is 0.309 e. The number of rotatable bonds is 4. The van der Waals surface area contributed by atoms with Crippen molar-refractivity contribution in [3.8, 4) is 0 Å². The third-order valence-electron chi connectivity index (χ3n) is 3.41. The van der Waals surface area contributed by atoms with E-state index in [0.29, 0.717) is 6.04 Å². The van der Waals surface area contributed by atoms with Crippen LogP contribution in [-0.4, -0.2) is 21.3 Å². The second kappa shape index (κ2) is 5.85. The molecule has 0 amide bonds. The predicted molar refractivity (Wildman–Crippen MR) is 80.8 cm³/mol. The van der Waals surface area contributed by atoms with Crippen molar-refractivity contribution in [1.29, 1.82) is 0 Å². The Kier molecular flexibility index (Phi) is 4.62. The van der Waals surface area contributed by atoms with Gasteiger partial charge in [-0.05, 0) is 57.0 Å². The van der Waals surface area contributed by atoms with Gasteiger partial charge in [-0.3, -0.25) is 4.21 Å². The molecule has 1 aromatic rings. The fourth-order valence-electron chi connectivity index (χ4n) is 2.33. The molecule has 2 rings (SSSR count). The Balaban J connectivity index is 1.84. The van der Waals surface area contributed by atoms with Gasteiger partial charge in [0, 0.05) is 38.8 Å². The Morgan fingerprint density at radius 1 is 1.50 bits per heavy atom. The van der Waals surface area contributed by atoms with Gasteiger partial charge in [-0.25, -0.2) is 0 Å². The maximum Gasteiger partial charge on any atom is 0.0375 e. The number of hydrogen-bond donors (Lipinski definition) is 1. The summed E-state index contributed by atoms with van der Waals surface area (Å²) in [6.45, 7) is 6.98. The first-order valence-corrected chi connectivity index (χ1v) is 8.86. The van der Waals surface area contributed by atoms with Gasteiger partial charge in [-0.2, -0.15) is 0 Å². The second-order valence-corrected chi connectivity index (χ2v) is 9.18. The molecular weight excluding hydrogens is 262 g/mol. The molecule has 0 spiro atoms. The lowest BCUT2D eigenvalue weighted by atomic mass is 9.94. The number of hydrogen-bond acceptors (Lipinski definition) is 3. The monoisotopic (exact) mass is 285 g/mol. The lowest BCUT2D eigenvalue weighted by molar-refractivity contribution is 0.476. The molecule has 0 aliphatic heterocycles. The highest BCUT2D eigenvalue weighted by Gasteiger charge is 2.22. The van der Waals surface area contributed by atoms with Crippen LogP contribution in [-0.2, 0) is 17.2 Å². The van der Waals surface area contributed by atoms with Gasteiger partial charge in [0.2, 0.25) is 0 Å². The van der Waals surface area contributed by atoms with Gasteiger partial charge in [0.15, 0.2) is 0 Å². The minimum atomic E-state index is -0.750. The Labute approximate surface area is 117 Å². The van der Waals surface area contributed by atoms with E-state index in [0.717, 1.165) is 12.3 Å². The average molecular weight is 285 g/mol. The van der Waals surface area contributed by atoms with Crippen LogP contribution in [0, 0.1) is 0 Å². The molecule has 0 saturated carbocycles. The molecule has 102 valence electrons. The molecule has 4 heteroatoms. The SMILES string of the molecule is CC(C)(C)[S@@](=O)CCN[C@H]1CCCc2sccc21. The summed E-state index contributed by atoms with van der Waals surface area (Å²) in [5, 5.41) is 5.77. The van der Waals surface area contributed by atoms with E-state index in [1.165, 1.54) is 29.7 Å². The van der Waals surface area contributed by atoms with Gasteiger partial charge >= 0.3 is 0 Å². The summed E-state index contributed by atoms with van der Waals surface area (Å²) in [4.78, 5) is 1.54. The molecule has 0 aromatic carbocycles. The number of fused-ring (bicyclic) bond motifs is 1. The third kappa shape index (κ3) is 3.43. The van der Waals surface area contributed by atoms with Crippen LogP contribution in [0.5, 0.6) is 0 Å². The lowest BCUT2D eigenvalue weighted by Crippen LogP contribution is -2.32. The zero-order valence-corrected chi connectivity index (χ0v) is 13.1. The Hall–Kier alpha value is -0.190. The van der Waals surface area contributed by atoms with Gasteiger partial charge < -0.3 is 5.32 Å². The highest BCUT2D eigenvalue weighted by Crippen LogP contribution is 2.33. The summed E-state index contributed by atoms with van der Waals surface area (Å²) in [5.74, 6) is 0.749. The van der Waals surface area contributed by atoms with Crippen LogP contribution in [0.2, 0.25) is 0 Å². The Morgan fingerprint density at radius 2 is 2.28 bits per heavy atom. The lowest BCUT2D eigenvalue weighted by Gasteiger charge is -2.24. The van der Waals surface area contributed by atoms with E-state index in [1.807, 2.05) is 32.1 Å². The fraction of sp³-hybridized carbons (Fsp3) is 0.714. The zero-order valence-electron chi connectivity index (χ0n) is 11.5. The molecule has 18 heavy (non-hydrogen) atoms. The van der Waals surface area contributed by atoms with E-state index < -0.39 is 10.8 Å². The van der Waals surface area contributed by atoms with Crippen molar-refractivity contribution in [3.63, 3.8) is 0 Å². The molecule has 2 nitrogen and oxygen atoms in total. The minimum Gasteiger partial charge on any atom is -0.309 e. The molecule has 0 radical (unpaired) electrons. The first-order chi connectivity index (χ1) is 8.48. The van der Waals surface area contributed by atoms with Crippen LogP contribution in [0.3, 0.4) is 0 Å². The van der Waals surface area contributed by atoms with Crippen molar-refractivity contribution >= 4 is 22.1 Å². The molecule has 2 atom stereocenters. The smallest absolute Gasteiger partial charge is 0.0375 e. The molecule has 1 aliphatic rings. The highest BCUT2D eigenvalue weighted by atomic mass is 32.2. The summed E-state index contributed by atoms with van der Waals surface area (Å²) >= 11 is 1.87. The summed E-state index contributed by atoms with van der Waals surface area (Å²) in [6.07, 6.45) is 3.72. The first kappa shape index (κ1) is 14.2. The Morgan fingerprint density at radius 3 is 3.00 bits per heavy atom. The van der Waals surface area contributed by atoms with Gasteiger partial charge in [-0.1, -0.05) is 0 Å². The van der Waals surface area contributed by atoms with Crippen LogP contribution < -0.4 is 5.32 Å². The quantitative estimate of drug-likeness (QED) is 0.920. The van der Waals surface area contributed by atoms with Crippen molar-refractivity contribution in [3.05, 3.63) is 21.9 Å². The summed E-state index contributed by atoms with van der Waals surface area (Å²) in [6, 6.07) is 2.73. The van der Waals surface area contributed by atoms with Crippen molar-refractivity contribution < 1.29 is 4.21 Å². The predicted octanol–water partition coefficient (Wildman–Crippen LogP) is 3.26. The standard InChI is InChI=1S/C14H23NOS2/c1-14(2,3)18(16)10-8-15-12-5-4-6-13-11(12)7-9-17-13/h7,9,12,15H,4-6,8,10H2,1-3H3/t12-,18-/m0/s1. The van der Waals surface area contributed by atoms with Crippen LogP contribution in [0.25, 0.3) is 0 Å².